The summed E-state index contributed by atoms with van der Waals surface area (Å²) in [5.74, 6) is 1.02. The van der Waals surface area contributed by atoms with Crippen LogP contribution in [0.4, 0.5) is 17.2 Å². The second-order valence-electron chi connectivity index (χ2n) is 15.6. The molecule has 4 atom stereocenters. The summed E-state index contributed by atoms with van der Waals surface area (Å²) in [6.45, 7) is 10.1. The molecule has 3 amide bonds. The third kappa shape index (κ3) is 6.46. The summed E-state index contributed by atoms with van der Waals surface area (Å²) in [6.07, 6.45) is 2.68. The molecule has 14 nitrogen and oxygen atoms in total. The minimum Gasteiger partial charge on any atom is -0.507 e. The molecule has 0 radical (unpaired) electrons. The highest BCUT2D eigenvalue weighted by Crippen LogP contribution is 2.39. The number of anilines is 3. The Bertz CT molecular complexity index is 1920. The number of imide groups is 1. The van der Waals surface area contributed by atoms with Gasteiger partial charge in [-0.1, -0.05) is 18.2 Å². The van der Waals surface area contributed by atoms with Gasteiger partial charge in [-0.05, 0) is 80.9 Å². The molecule has 9 rings (SSSR count). The minimum atomic E-state index is -1.20. The number of nitrogens with zero attached hydrogens (tertiary/aromatic N) is 7. The molecular weight excluding hydrogens is 674 g/mol. The summed E-state index contributed by atoms with van der Waals surface area (Å²) >= 11 is 0. The molecule has 7 heterocycles. The summed E-state index contributed by atoms with van der Waals surface area (Å²) in [6, 6.07) is 14.5. The number of aromatic nitrogens is 2. The molecule has 4 saturated heterocycles. The van der Waals surface area contributed by atoms with E-state index in [2.05, 4.69) is 46.5 Å². The van der Waals surface area contributed by atoms with Gasteiger partial charge in [-0.3, -0.25) is 29.5 Å². The second-order valence-corrected chi connectivity index (χ2v) is 15.6. The van der Waals surface area contributed by atoms with Crippen molar-refractivity contribution < 1.29 is 24.6 Å². The van der Waals surface area contributed by atoms with Crippen LogP contribution in [0.3, 0.4) is 0 Å². The number of carbonyl (C=O) groups excluding carboxylic acids is 3. The first kappa shape index (κ1) is 34.0. The number of likely N-dealkylation sites (tertiary alicyclic amines) is 1. The van der Waals surface area contributed by atoms with E-state index in [1.807, 2.05) is 36.4 Å². The summed E-state index contributed by atoms with van der Waals surface area (Å²) in [5, 5.41) is 36.0. The van der Waals surface area contributed by atoms with Gasteiger partial charge in [-0.2, -0.15) is 0 Å². The lowest BCUT2D eigenvalue weighted by molar-refractivity contribution is -0.139. The van der Waals surface area contributed by atoms with E-state index in [9.17, 15) is 24.6 Å². The van der Waals surface area contributed by atoms with E-state index in [-0.39, 0.29) is 30.4 Å². The van der Waals surface area contributed by atoms with Crippen molar-refractivity contribution in [1.82, 2.24) is 30.2 Å². The van der Waals surface area contributed by atoms with Crippen molar-refractivity contribution >= 4 is 34.9 Å². The number of piperazine rings is 1. The average molecular weight is 722 g/mol. The lowest BCUT2D eigenvalue weighted by Gasteiger charge is -2.47. The number of amides is 3. The Labute approximate surface area is 308 Å². The number of carbonyl (C=O) groups is 3. The van der Waals surface area contributed by atoms with E-state index in [0.717, 1.165) is 89.1 Å². The van der Waals surface area contributed by atoms with Gasteiger partial charge in [0.1, 0.15) is 11.8 Å². The number of hydrogen-bond acceptors (Lipinski definition) is 12. The van der Waals surface area contributed by atoms with Gasteiger partial charge >= 0.3 is 0 Å². The fraction of sp³-hybridized carbons (Fsp3) is 0.513. The number of rotatable bonds is 7. The van der Waals surface area contributed by atoms with Crippen molar-refractivity contribution in [3.8, 4) is 17.0 Å². The van der Waals surface area contributed by atoms with Crippen molar-refractivity contribution in [2.45, 2.75) is 50.4 Å². The molecule has 53 heavy (non-hydrogen) atoms. The monoisotopic (exact) mass is 721 g/mol. The predicted molar refractivity (Wildman–Crippen MR) is 198 cm³/mol. The molecule has 0 spiro atoms. The number of aliphatic hydroxyl groups is 1. The molecule has 4 fully saturated rings. The first-order valence-electron chi connectivity index (χ1n) is 19.1. The summed E-state index contributed by atoms with van der Waals surface area (Å²) in [5.41, 5.74) is 4.36. The van der Waals surface area contributed by atoms with Gasteiger partial charge in [-0.15, -0.1) is 10.2 Å². The lowest BCUT2D eigenvalue weighted by Crippen LogP contribution is -2.58. The van der Waals surface area contributed by atoms with Crippen LogP contribution >= 0.6 is 0 Å². The van der Waals surface area contributed by atoms with Gasteiger partial charge in [0, 0.05) is 81.2 Å². The van der Waals surface area contributed by atoms with Crippen LogP contribution in [0.15, 0.2) is 48.5 Å². The van der Waals surface area contributed by atoms with Gasteiger partial charge in [-0.25, -0.2) is 0 Å². The third-order valence-electron chi connectivity index (χ3n) is 12.3. The minimum absolute atomic E-state index is 0.147. The molecule has 3 aromatic rings. The third-order valence-corrected chi connectivity index (χ3v) is 12.3. The number of benzene rings is 2. The Morgan fingerprint density at radius 1 is 0.811 bits per heavy atom. The smallest absolute Gasteiger partial charge is 0.257 e. The van der Waals surface area contributed by atoms with Crippen LogP contribution in [0.2, 0.25) is 0 Å². The van der Waals surface area contributed by atoms with E-state index in [1.165, 1.54) is 17.7 Å². The summed E-state index contributed by atoms with van der Waals surface area (Å²) in [7, 11) is 0. The van der Waals surface area contributed by atoms with Gasteiger partial charge in [0.25, 0.3) is 5.91 Å². The number of aromatic hydroxyl groups is 1. The zero-order valence-electron chi connectivity index (χ0n) is 29.9. The van der Waals surface area contributed by atoms with Gasteiger partial charge in [0.2, 0.25) is 11.8 Å². The van der Waals surface area contributed by atoms with E-state index < -0.39 is 18.2 Å². The molecule has 6 aliphatic rings. The number of fused-ring (bicyclic) bond motifs is 4. The number of hydrogen-bond donors (Lipinski definition) is 4. The summed E-state index contributed by atoms with van der Waals surface area (Å²) in [4.78, 5) is 48.8. The zero-order chi connectivity index (χ0) is 36.2. The molecule has 0 bridgehead atoms. The lowest BCUT2D eigenvalue weighted by atomic mass is 9.94. The van der Waals surface area contributed by atoms with Crippen molar-refractivity contribution in [2.24, 2.45) is 11.8 Å². The normalized spacial score (nSPS) is 26.7. The Hall–Kier alpha value is -4.79. The van der Waals surface area contributed by atoms with E-state index in [4.69, 9.17) is 0 Å². The highest BCUT2D eigenvalue weighted by atomic mass is 16.3. The number of phenolic OH excluding ortho intramolecular Hbond substituents is 1. The second kappa shape index (κ2) is 13.9. The van der Waals surface area contributed by atoms with Crippen LogP contribution in [0.5, 0.6) is 5.75 Å². The molecular formula is C39H47N9O5. The standard InChI is InChI=1S/C39H47N9O5/c49-34-4-2-1-3-29(34)31-18-33-36(43-42-31)40-19-27-23-45(15-16-47(27)33)20-24-9-12-44(13-10-24)21-25-11-14-46(22-25)26-5-6-28-30(17-26)39(53)48(38(28)52)32-7-8-35(50)41-37(32)51/h1-6,17-18,24-25,27,32,38,49,52H,7-16,19-23H2,(H,40,43)(H,41,50,51)/t25?,27-,32?,38?/m0/s1. The van der Waals surface area contributed by atoms with Gasteiger partial charge in [0.05, 0.1) is 17.4 Å². The predicted octanol–water partition coefficient (Wildman–Crippen LogP) is 2.26. The van der Waals surface area contributed by atoms with E-state index in [0.29, 0.717) is 40.3 Å². The molecule has 3 unspecified atom stereocenters. The molecule has 14 heteroatoms. The maximum Gasteiger partial charge on any atom is 0.257 e. The molecule has 278 valence electrons. The van der Waals surface area contributed by atoms with Crippen LogP contribution in [-0.2, 0) is 9.59 Å². The zero-order valence-corrected chi connectivity index (χ0v) is 29.9. The fourth-order valence-corrected chi connectivity index (χ4v) is 9.45. The first-order chi connectivity index (χ1) is 25.8. The van der Waals surface area contributed by atoms with Gasteiger partial charge in [0.15, 0.2) is 12.0 Å². The fourth-order valence-electron chi connectivity index (χ4n) is 9.45. The van der Waals surface area contributed by atoms with Crippen molar-refractivity contribution in [2.75, 3.05) is 80.6 Å². The highest BCUT2D eigenvalue weighted by Gasteiger charge is 2.45. The maximum absolute atomic E-state index is 13.4. The quantitative estimate of drug-likeness (QED) is 0.265. The topological polar surface area (TPSA) is 158 Å². The molecule has 6 aliphatic heterocycles. The number of piperidine rings is 2. The molecule has 4 N–H and O–H groups in total. The van der Waals surface area contributed by atoms with E-state index >= 15 is 0 Å². The molecule has 0 saturated carbocycles. The summed E-state index contributed by atoms with van der Waals surface area (Å²) < 4.78 is 0. The van der Waals surface area contributed by atoms with Crippen molar-refractivity contribution in [3.63, 3.8) is 0 Å². The van der Waals surface area contributed by atoms with Crippen LogP contribution < -0.4 is 20.4 Å². The SMILES string of the molecule is O=C1CCC(N2C(=O)c3cc(N4CCC(CN5CCC(CN6CCN7c8cc(-c9ccccc9O)nnc8NC[C@H]7C6)CC5)C4)ccc3C2O)C(=O)N1. The van der Waals surface area contributed by atoms with Gasteiger partial charge < -0.3 is 30.2 Å². The highest BCUT2D eigenvalue weighted by molar-refractivity contribution is 6.06. The molecule has 2 aromatic carbocycles. The molecule has 0 aliphatic carbocycles. The first-order valence-corrected chi connectivity index (χ1v) is 19.1. The Morgan fingerprint density at radius 2 is 1.62 bits per heavy atom. The maximum atomic E-state index is 13.4. The van der Waals surface area contributed by atoms with Crippen LogP contribution in [0.25, 0.3) is 11.3 Å². The van der Waals surface area contributed by atoms with Crippen LogP contribution in [-0.4, -0.2) is 130 Å². The van der Waals surface area contributed by atoms with Crippen molar-refractivity contribution in [3.05, 3.63) is 59.7 Å². The van der Waals surface area contributed by atoms with E-state index in [1.54, 1.807) is 6.07 Å². The largest absolute Gasteiger partial charge is 0.507 e. The Morgan fingerprint density at radius 3 is 2.45 bits per heavy atom. The Kier molecular flexibility index (Phi) is 8.91. The number of para-hydroxylation sites is 1. The van der Waals surface area contributed by atoms with Crippen molar-refractivity contribution in [1.29, 1.82) is 0 Å². The van der Waals surface area contributed by atoms with Crippen LogP contribution in [0, 0.1) is 11.8 Å². The Balaban J connectivity index is 0.748. The average Bonchev–Trinajstić information content (AvgIpc) is 3.73. The van der Waals surface area contributed by atoms with Crippen LogP contribution in [0.1, 0.15) is 54.3 Å². The number of nitrogens with one attached hydrogen (secondary N) is 2. The molecule has 1 aromatic heterocycles. The number of phenols is 1. The number of aliphatic hydroxyl groups excluding tert-OH is 1.